The Morgan fingerprint density at radius 3 is 2.78 bits per heavy atom. The summed E-state index contributed by atoms with van der Waals surface area (Å²) in [6.07, 6.45) is 3.00. The van der Waals surface area contributed by atoms with Crippen LogP contribution >= 0.6 is 11.6 Å². The second kappa shape index (κ2) is 5.18. The molecule has 1 fully saturated rings. The maximum atomic E-state index is 13.2. The molecule has 2 rings (SSSR count). The van der Waals surface area contributed by atoms with E-state index < -0.39 is 5.60 Å². The number of rotatable bonds is 2. The number of hydrogen-bond acceptors (Lipinski definition) is 1. The Hall–Kier alpha value is -0.600. The van der Waals surface area contributed by atoms with Gasteiger partial charge in [0.25, 0.3) is 0 Å². The van der Waals surface area contributed by atoms with Crippen molar-refractivity contribution in [2.45, 2.75) is 45.1 Å². The van der Waals surface area contributed by atoms with Crippen molar-refractivity contribution in [3.8, 4) is 0 Å². The standard InChI is InChI=1S/C15H20ClFO/c1-10-5-6-15(18,8-11(10)2)9-12-7-13(17)3-4-14(12)16/h3-4,7,10-11,18H,5-6,8-9H2,1-2H3. The number of hydrogen-bond donors (Lipinski definition) is 1. The first kappa shape index (κ1) is 13.8. The molecule has 3 unspecified atom stereocenters. The molecule has 0 saturated heterocycles. The van der Waals surface area contributed by atoms with Crippen molar-refractivity contribution in [1.29, 1.82) is 0 Å². The van der Waals surface area contributed by atoms with E-state index in [9.17, 15) is 9.50 Å². The van der Waals surface area contributed by atoms with Crippen molar-refractivity contribution in [3.05, 3.63) is 34.6 Å². The van der Waals surface area contributed by atoms with Gasteiger partial charge in [0.05, 0.1) is 5.60 Å². The molecule has 3 atom stereocenters. The molecule has 1 aliphatic rings. The molecule has 100 valence electrons. The van der Waals surface area contributed by atoms with Crippen molar-refractivity contribution in [1.82, 2.24) is 0 Å². The molecule has 0 bridgehead atoms. The van der Waals surface area contributed by atoms with E-state index in [0.717, 1.165) is 19.3 Å². The Morgan fingerprint density at radius 1 is 1.39 bits per heavy atom. The van der Waals surface area contributed by atoms with Crippen LogP contribution in [0.2, 0.25) is 5.02 Å². The minimum Gasteiger partial charge on any atom is -0.390 e. The van der Waals surface area contributed by atoms with E-state index in [0.29, 0.717) is 28.8 Å². The maximum Gasteiger partial charge on any atom is 0.123 e. The maximum absolute atomic E-state index is 13.2. The van der Waals surface area contributed by atoms with Crippen molar-refractivity contribution < 1.29 is 9.50 Å². The highest BCUT2D eigenvalue weighted by Gasteiger charge is 2.36. The molecule has 1 aromatic carbocycles. The van der Waals surface area contributed by atoms with Gasteiger partial charge in [-0.2, -0.15) is 0 Å². The zero-order valence-electron chi connectivity index (χ0n) is 10.9. The van der Waals surface area contributed by atoms with E-state index >= 15 is 0 Å². The van der Waals surface area contributed by atoms with Crippen LogP contribution in [0.5, 0.6) is 0 Å². The Labute approximate surface area is 113 Å². The number of benzene rings is 1. The van der Waals surface area contributed by atoms with E-state index in [1.54, 1.807) is 6.07 Å². The van der Waals surface area contributed by atoms with Crippen molar-refractivity contribution in [2.75, 3.05) is 0 Å². The van der Waals surface area contributed by atoms with Crippen LogP contribution in [0, 0.1) is 17.7 Å². The molecular formula is C15H20ClFO. The largest absolute Gasteiger partial charge is 0.390 e. The van der Waals surface area contributed by atoms with E-state index in [4.69, 9.17) is 11.6 Å². The second-order valence-corrected chi connectivity index (χ2v) is 6.24. The summed E-state index contributed by atoms with van der Waals surface area (Å²) in [6.45, 7) is 4.39. The van der Waals surface area contributed by atoms with Crippen LogP contribution in [0.4, 0.5) is 4.39 Å². The van der Waals surface area contributed by atoms with E-state index in [-0.39, 0.29) is 5.82 Å². The molecule has 1 saturated carbocycles. The predicted octanol–water partition coefficient (Wildman–Crippen LogP) is 4.21. The third kappa shape index (κ3) is 3.04. The molecule has 0 heterocycles. The highest BCUT2D eigenvalue weighted by atomic mass is 35.5. The van der Waals surface area contributed by atoms with Gasteiger partial charge >= 0.3 is 0 Å². The quantitative estimate of drug-likeness (QED) is 0.854. The van der Waals surface area contributed by atoms with Crippen LogP contribution in [-0.2, 0) is 6.42 Å². The van der Waals surface area contributed by atoms with E-state index in [2.05, 4.69) is 13.8 Å². The summed E-state index contributed by atoms with van der Waals surface area (Å²) in [7, 11) is 0. The van der Waals surface area contributed by atoms with Gasteiger partial charge in [0.15, 0.2) is 0 Å². The Morgan fingerprint density at radius 2 is 2.11 bits per heavy atom. The molecule has 0 radical (unpaired) electrons. The molecule has 0 spiro atoms. The van der Waals surface area contributed by atoms with Crippen molar-refractivity contribution in [3.63, 3.8) is 0 Å². The van der Waals surface area contributed by atoms with Crippen molar-refractivity contribution in [2.24, 2.45) is 11.8 Å². The SMILES string of the molecule is CC1CCC(O)(Cc2cc(F)ccc2Cl)CC1C. The Bertz CT molecular complexity index is 435. The molecule has 1 N–H and O–H groups in total. The van der Waals surface area contributed by atoms with Gasteiger partial charge in [-0.15, -0.1) is 0 Å². The lowest BCUT2D eigenvalue weighted by atomic mass is 9.71. The fourth-order valence-electron chi connectivity index (χ4n) is 2.88. The average Bonchev–Trinajstić information content (AvgIpc) is 2.29. The Balaban J connectivity index is 2.15. The first-order valence-electron chi connectivity index (χ1n) is 6.56. The molecule has 0 aliphatic heterocycles. The number of halogens is 2. The summed E-state index contributed by atoms with van der Waals surface area (Å²) in [4.78, 5) is 0. The lowest BCUT2D eigenvalue weighted by Gasteiger charge is -2.39. The summed E-state index contributed by atoms with van der Waals surface area (Å²) in [6, 6.07) is 4.34. The smallest absolute Gasteiger partial charge is 0.123 e. The lowest BCUT2D eigenvalue weighted by molar-refractivity contribution is -0.0279. The van der Waals surface area contributed by atoms with Crippen LogP contribution < -0.4 is 0 Å². The van der Waals surface area contributed by atoms with Gasteiger partial charge in [-0.3, -0.25) is 0 Å². The second-order valence-electron chi connectivity index (χ2n) is 5.83. The van der Waals surface area contributed by atoms with E-state index in [1.807, 2.05) is 0 Å². The van der Waals surface area contributed by atoms with Gasteiger partial charge in [0, 0.05) is 11.4 Å². The zero-order chi connectivity index (χ0) is 13.3. The number of aliphatic hydroxyl groups is 1. The van der Waals surface area contributed by atoms with Crippen LogP contribution in [0.25, 0.3) is 0 Å². The molecule has 1 aromatic rings. The highest BCUT2D eigenvalue weighted by molar-refractivity contribution is 6.31. The molecule has 18 heavy (non-hydrogen) atoms. The fourth-order valence-corrected chi connectivity index (χ4v) is 3.06. The fraction of sp³-hybridized carbons (Fsp3) is 0.600. The zero-order valence-corrected chi connectivity index (χ0v) is 11.7. The predicted molar refractivity (Wildman–Crippen MR) is 72.2 cm³/mol. The van der Waals surface area contributed by atoms with Gasteiger partial charge in [-0.25, -0.2) is 4.39 Å². The Kier molecular flexibility index (Phi) is 3.98. The molecule has 0 aromatic heterocycles. The molecule has 0 amide bonds. The van der Waals surface area contributed by atoms with Gasteiger partial charge < -0.3 is 5.11 Å². The summed E-state index contributed by atoms with van der Waals surface area (Å²) >= 11 is 6.06. The lowest BCUT2D eigenvalue weighted by Crippen LogP contribution is -2.39. The third-order valence-electron chi connectivity index (χ3n) is 4.27. The van der Waals surface area contributed by atoms with Crippen LogP contribution in [0.1, 0.15) is 38.7 Å². The summed E-state index contributed by atoms with van der Waals surface area (Å²) < 4.78 is 13.2. The summed E-state index contributed by atoms with van der Waals surface area (Å²) in [5.74, 6) is 0.847. The van der Waals surface area contributed by atoms with Crippen LogP contribution in [-0.4, -0.2) is 10.7 Å². The third-order valence-corrected chi connectivity index (χ3v) is 4.63. The van der Waals surface area contributed by atoms with Gasteiger partial charge in [-0.1, -0.05) is 25.4 Å². The van der Waals surface area contributed by atoms with Crippen molar-refractivity contribution >= 4 is 11.6 Å². The van der Waals surface area contributed by atoms with Crippen LogP contribution in [0.3, 0.4) is 0 Å². The highest BCUT2D eigenvalue weighted by Crippen LogP contribution is 2.39. The summed E-state index contributed by atoms with van der Waals surface area (Å²) in [5.41, 5.74) is -0.0236. The molecule has 1 aliphatic carbocycles. The molecular weight excluding hydrogens is 251 g/mol. The normalized spacial score (nSPS) is 32.5. The van der Waals surface area contributed by atoms with E-state index in [1.165, 1.54) is 12.1 Å². The monoisotopic (exact) mass is 270 g/mol. The minimum absolute atomic E-state index is 0.296. The first-order chi connectivity index (χ1) is 8.39. The first-order valence-corrected chi connectivity index (χ1v) is 6.94. The van der Waals surface area contributed by atoms with Gasteiger partial charge in [0.2, 0.25) is 0 Å². The van der Waals surface area contributed by atoms with Gasteiger partial charge in [-0.05, 0) is 54.9 Å². The molecule has 3 heteroatoms. The minimum atomic E-state index is -0.733. The van der Waals surface area contributed by atoms with Gasteiger partial charge in [0.1, 0.15) is 5.82 Å². The molecule has 1 nitrogen and oxygen atoms in total. The average molecular weight is 271 g/mol. The topological polar surface area (TPSA) is 20.2 Å². The summed E-state index contributed by atoms with van der Waals surface area (Å²) in [5, 5.41) is 11.2. The van der Waals surface area contributed by atoms with Crippen LogP contribution in [0.15, 0.2) is 18.2 Å².